The van der Waals surface area contributed by atoms with Crippen molar-refractivity contribution in [1.29, 1.82) is 0 Å². The first kappa shape index (κ1) is 26.0. The van der Waals surface area contributed by atoms with Crippen molar-refractivity contribution < 1.29 is 33.0 Å². The highest BCUT2D eigenvalue weighted by Gasteiger charge is 2.28. The first-order chi connectivity index (χ1) is 15.5. The minimum atomic E-state index is -0.763. The molecule has 0 amide bonds. The van der Waals surface area contributed by atoms with E-state index in [4.69, 9.17) is 14.2 Å². The SMILES string of the molecule is COc1ccnc(C(=O)C[C@@H](C)C(=O)O[C@H](C)[C@H](C)c2c(C)cc(F)cc2C)c1OC(C)=O. The highest BCUT2D eigenvalue weighted by Crippen LogP contribution is 2.32. The number of aryl methyl sites for hydroxylation is 2. The van der Waals surface area contributed by atoms with Crippen molar-refractivity contribution in [1.82, 2.24) is 4.98 Å². The molecule has 0 fully saturated rings. The Morgan fingerprint density at radius 3 is 2.24 bits per heavy atom. The Morgan fingerprint density at radius 2 is 1.70 bits per heavy atom. The van der Waals surface area contributed by atoms with E-state index in [-0.39, 0.29) is 35.3 Å². The minimum Gasteiger partial charge on any atom is -0.493 e. The predicted molar refractivity (Wildman–Crippen MR) is 120 cm³/mol. The van der Waals surface area contributed by atoms with Crippen LogP contribution in [0, 0.1) is 25.6 Å². The summed E-state index contributed by atoms with van der Waals surface area (Å²) in [5, 5.41) is 0. The number of benzene rings is 1. The van der Waals surface area contributed by atoms with E-state index in [2.05, 4.69) is 4.98 Å². The molecule has 178 valence electrons. The first-order valence-corrected chi connectivity index (χ1v) is 10.7. The van der Waals surface area contributed by atoms with Crippen molar-refractivity contribution >= 4 is 17.7 Å². The molecule has 1 heterocycles. The second-order valence-electron chi connectivity index (χ2n) is 8.20. The zero-order valence-corrected chi connectivity index (χ0v) is 20.0. The normalized spacial score (nSPS) is 13.6. The largest absolute Gasteiger partial charge is 0.493 e. The molecule has 1 aromatic carbocycles. The van der Waals surface area contributed by atoms with E-state index < -0.39 is 29.7 Å². The number of nitrogens with zero attached hydrogens (tertiary/aromatic N) is 1. The van der Waals surface area contributed by atoms with Gasteiger partial charge in [0.1, 0.15) is 11.9 Å². The number of aromatic nitrogens is 1. The molecule has 7 nitrogen and oxygen atoms in total. The van der Waals surface area contributed by atoms with E-state index in [0.29, 0.717) is 0 Å². The summed E-state index contributed by atoms with van der Waals surface area (Å²) in [6, 6.07) is 4.38. The lowest BCUT2D eigenvalue weighted by molar-refractivity contribution is -0.153. The van der Waals surface area contributed by atoms with Crippen LogP contribution >= 0.6 is 0 Å². The number of rotatable bonds is 9. The number of carbonyl (C=O) groups is 3. The van der Waals surface area contributed by atoms with Crippen molar-refractivity contribution in [3.8, 4) is 11.5 Å². The summed E-state index contributed by atoms with van der Waals surface area (Å²) in [6.07, 6.45) is 0.673. The number of pyridine rings is 1. The van der Waals surface area contributed by atoms with Gasteiger partial charge in [-0.2, -0.15) is 0 Å². The molecule has 2 rings (SSSR count). The van der Waals surface area contributed by atoms with Gasteiger partial charge in [-0.15, -0.1) is 0 Å². The van der Waals surface area contributed by atoms with Gasteiger partial charge >= 0.3 is 11.9 Å². The van der Waals surface area contributed by atoms with Gasteiger partial charge in [-0.05, 0) is 49.6 Å². The minimum absolute atomic E-state index is 0.0812. The molecular formula is C25H30FNO6. The Bertz CT molecular complexity index is 1030. The van der Waals surface area contributed by atoms with Crippen LogP contribution in [0.25, 0.3) is 0 Å². The van der Waals surface area contributed by atoms with Crippen LogP contribution < -0.4 is 9.47 Å². The van der Waals surface area contributed by atoms with E-state index in [1.165, 1.54) is 38.4 Å². The van der Waals surface area contributed by atoms with E-state index >= 15 is 0 Å². The molecule has 0 aliphatic heterocycles. The van der Waals surface area contributed by atoms with Gasteiger partial charge in [0.05, 0.1) is 13.0 Å². The monoisotopic (exact) mass is 459 g/mol. The second kappa shape index (κ2) is 11.0. The standard InChI is InChI=1S/C25H30FNO6/c1-13-10-19(26)11-14(2)22(13)16(4)17(5)32-25(30)15(3)12-20(29)23-24(33-18(6)28)21(31-7)8-9-27-23/h8-11,15-17H,12H2,1-7H3/t15-,16+,17-/m1/s1. The van der Waals surface area contributed by atoms with E-state index in [1.54, 1.807) is 13.8 Å². The maximum absolute atomic E-state index is 13.6. The van der Waals surface area contributed by atoms with E-state index in [0.717, 1.165) is 16.7 Å². The number of carbonyl (C=O) groups excluding carboxylic acids is 3. The van der Waals surface area contributed by atoms with Crippen molar-refractivity contribution in [2.24, 2.45) is 5.92 Å². The van der Waals surface area contributed by atoms with Crippen LogP contribution in [-0.2, 0) is 14.3 Å². The number of Topliss-reactive ketones (excluding diaryl/α,β-unsaturated/α-hetero) is 1. The van der Waals surface area contributed by atoms with Crippen LogP contribution in [0.1, 0.15) is 67.2 Å². The van der Waals surface area contributed by atoms with Gasteiger partial charge in [0.25, 0.3) is 0 Å². The number of methoxy groups -OCH3 is 1. The Balaban J connectivity index is 2.12. The van der Waals surface area contributed by atoms with Gasteiger partial charge in [-0.1, -0.05) is 13.8 Å². The third-order valence-corrected chi connectivity index (χ3v) is 5.51. The highest BCUT2D eigenvalue weighted by atomic mass is 19.1. The van der Waals surface area contributed by atoms with Crippen molar-refractivity contribution in [2.45, 2.75) is 60.0 Å². The fourth-order valence-corrected chi connectivity index (χ4v) is 3.77. The third kappa shape index (κ3) is 6.37. The average molecular weight is 460 g/mol. The first-order valence-electron chi connectivity index (χ1n) is 10.7. The molecule has 0 N–H and O–H groups in total. The molecule has 2 aromatic rings. The molecule has 0 bridgehead atoms. The van der Waals surface area contributed by atoms with Crippen molar-refractivity contribution in [3.63, 3.8) is 0 Å². The molecule has 0 radical (unpaired) electrons. The van der Waals surface area contributed by atoms with Crippen LogP contribution in [0.2, 0.25) is 0 Å². The Morgan fingerprint density at radius 1 is 1.09 bits per heavy atom. The summed E-state index contributed by atoms with van der Waals surface area (Å²) in [7, 11) is 1.38. The topological polar surface area (TPSA) is 91.8 Å². The molecule has 0 aliphatic rings. The summed E-state index contributed by atoms with van der Waals surface area (Å²) in [4.78, 5) is 41.0. The summed E-state index contributed by atoms with van der Waals surface area (Å²) in [6.45, 7) is 10.1. The molecule has 0 aliphatic carbocycles. The van der Waals surface area contributed by atoms with Crippen LogP contribution in [0.15, 0.2) is 24.4 Å². The van der Waals surface area contributed by atoms with E-state index in [1.807, 2.05) is 20.8 Å². The lowest BCUT2D eigenvalue weighted by Gasteiger charge is -2.25. The molecule has 0 saturated carbocycles. The van der Waals surface area contributed by atoms with Gasteiger partial charge in [0, 0.05) is 31.5 Å². The fraction of sp³-hybridized carbons (Fsp3) is 0.440. The average Bonchev–Trinajstić information content (AvgIpc) is 2.72. The quantitative estimate of drug-likeness (QED) is 0.396. The van der Waals surface area contributed by atoms with Crippen LogP contribution in [-0.4, -0.2) is 35.9 Å². The van der Waals surface area contributed by atoms with Gasteiger partial charge in [-0.3, -0.25) is 14.4 Å². The van der Waals surface area contributed by atoms with Gasteiger partial charge in [0.2, 0.25) is 5.75 Å². The van der Waals surface area contributed by atoms with Gasteiger partial charge < -0.3 is 14.2 Å². The zero-order chi connectivity index (χ0) is 24.9. The Kier molecular flexibility index (Phi) is 8.68. The molecule has 0 saturated heterocycles. The lowest BCUT2D eigenvalue weighted by atomic mass is 9.88. The molecule has 3 atom stereocenters. The molecular weight excluding hydrogens is 429 g/mol. The summed E-state index contributed by atoms with van der Waals surface area (Å²) in [5.41, 5.74) is 2.40. The van der Waals surface area contributed by atoms with Gasteiger partial charge in [0.15, 0.2) is 17.2 Å². The van der Waals surface area contributed by atoms with E-state index in [9.17, 15) is 18.8 Å². The maximum Gasteiger partial charge on any atom is 0.309 e. The number of esters is 2. The molecule has 1 aromatic heterocycles. The van der Waals surface area contributed by atoms with Crippen molar-refractivity contribution in [3.05, 3.63) is 52.6 Å². The summed E-state index contributed by atoms with van der Waals surface area (Å²) >= 11 is 0. The molecule has 0 unspecified atom stereocenters. The number of ether oxygens (including phenoxy) is 3. The Hall–Kier alpha value is -3.29. The number of hydrogen-bond donors (Lipinski definition) is 0. The smallest absolute Gasteiger partial charge is 0.309 e. The summed E-state index contributed by atoms with van der Waals surface area (Å²) < 4.78 is 29.5. The van der Waals surface area contributed by atoms with Crippen LogP contribution in [0.3, 0.4) is 0 Å². The lowest BCUT2D eigenvalue weighted by Crippen LogP contribution is -2.27. The van der Waals surface area contributed by atoms with Crippen LogP contribution in [0.5, 0.6) is 11.5 Å². The summed E-state index contributed by atoms with van der Waals surface area (Å²) in [5.74, 6) is -2.80. The fourth-order valence-electron chi connectivity index (χ4n) is 3.77. The zero-order valence-electron chi connectivity index (χ0n) is 20.0. The Labute approximate surface area is 193 Å². The third-order valence-electron chi connectivity index (χ3n) is 5.51. The van der Waals surface area contributed by atoms with Crippen LogP contribution in [0.4, 0.5) is 4.39 Å². The maximum atomic E-state index is 13.6. The number of halogens is 1. The molecule has 33 heavy (non-hydrogen) atoms. The molecule has 0 spiro atoms. The molecule has 8 heteroatoms. The second-order valence-corrected chi connectivity index (χ2v) is 8.20. The predicted octanol–water partition coefficient (Wildman–Crippen LogP) is 4.72. The highest BCUT2D eigenvalue weighted by molar-refractivity contribution is 5.99. The number of hydrogen-bond acceptors (Lipinski definition) is 7. The number of ketones is 1. The van der Waals surface area contributed by atoms with Crippen molar-refractivity contribution in [2.75, 3.05) is 7.11 Å². The van der Waals surface area contributed by atoms with Gasteiger partial charge in [-0.25, -0.2) is 9.37 Å².